The van der Waals surface area contributed by atoms with E-state index in [0.717, 1.165) is 6.42 Å². The van der Waals surface area contributed by atoms with Crippen molar-refractivity contribution in [3.8, 4) is 0 Å². The third-order valence-electron chi connectivity index (χ3n) is 3.85. The van der Waals surface area contributed by atoms with Gasteiger partial charge in [-0.25, -0.2) is 4.79 Å². The molecule has 1 N–H and O–H groups in total. The average Bonchev–Trinajstić information content (AvgIpc) is 2.74. The van der Waals surface area contributed by atoms with Gasteiger partial charge in [0, 0.05) is 26.2 Å². The highest BCUT2D eigenvalue weighted by Crippen LogP contribution is 2.21. The zero-order valence-electron chi connectivity index (χ0n) is 11.8. The van der Waals surface area contributed by atoms with Crippen LogP contribution in [-0.4, -0.2) is 79.0 Å². The van der Waals surface area contributed by atoms with Gasteiger partial charge >= 0.3 is 12.0 Å². The van der Waals surface area contributed by atoms with E-state index in [-0.39, 0.29) is 18.7 Å². The lowest BCUT2D eigenvalue weighted by atomic mass is 10.0. The Labute approximate surface area is 118 Å². The van der Waals surface area contributed by atoms with E-state index in [9.17, 15) is 14.7 Å². The Morgan fingerprint density at radius 2 is 2.05 bits per heavy atom. The number of nitrogens with zero attached hydrogens (tertiary/aromatic N) is 2. The number of hydrogen-bond acceptors (Lipinski definition) is 4. The number of hydrogen-bond donors (Lipinski definition) is 1. The zero-order chi connectivity index (χ0) is 14.5. The predicted molar refractivity (Wildman–Crippen MR) is 70.5 cm³/mol. The van der Waals surface area contributed by atoms with Crippen molar-refractivity contribution >= 4 is 12.0 Å². The van der Waals surface area contributed by atoms with E-state index in [1.54, 1.807) is 9.80 Å². The van der Waals surface area contributed by atoms with Crippen LogP contribution < -0.4 is 0 Å². The summed E-state index contributed by atoms with van der Waals surface area (Å²) in [7, 11) is 0. The minimum Gasteiger partial charge on any atom is -0.481 e. The van der Waals surface area contributed by atoms with Gasteiger partial charge in [0.25, 0.3) is 0 Å². The Morgan fingerprint density at radius 1 is 1.25 bits per heavy atom. The Hall–Kier alpha value is -1.34. The molecule has 0 aromatic rings. The summed E-state index contributed by atoms with van der Waals surface area (Å²) in [6, 6.07) is -0.492. The van der Waals surface area contributed by atoms with Gasteiger partial charge in [-0.2, -0.15) is 0 Å². The molecule has 0 aromatic carbocycles. The van der Waals surface area contributed by atoms with Gasteiger partial charge in [0.05, 0.1) is 25.9 Å². The normalized spacial score (nSPS) is 27.1. The maximum atomic E-state index is 12.6. The minimum absolute atomic E-state index is 0.111. The largest absolute Gasteiger partial charge is 0.481 e. The van der Waals surface area contributed by atoms with Crippen molar-refractivity contribution in [2.75, 3.05) is 46.1 Å². The maximum absolute atomic E-state index is 12.6. The molecule has 2 aliphatic rings. The molecule has 2 fully saturated rings. The van der Waals surface area contributed by atoms with Crippen molar-refractivity contribution < 1.29 is 24.2 Å². The molecule has 0 aromatic heterocycles. The molecule has 2 aliphatic heterocycles. The van der Waals surface area contributed by atoms with Gasteiger partial charge in [-0.05, 0) is 13.3 Å². The molecular weight excluding hydrogens is 264 g/mol. The molecule has 0 saturated carbocycles. The summed E-state index contributed by atoms with van der Waals surface area (Å²) in [5, 5.41) is 9.21. The van der Waals surface area contributed by atoms with Crippen LogP contribution in [0, 0.1) is 5.92 Å². The van der Waals surface area contributed by atoms with Crippen molar-refractivity contribution in [1.29, 1.82) is 0 Å². The van der Waals surface area contributed by atoms with Crippen LogP contribution in [0.25, 0.3) is 0 Å². The Morgan fingerprint density at radius 3 is 2.75 bits per heavy atom. The quantitative estimate of drug-likeness (QED) is 0.804. The maximum Gasteiger partial charge on any atom is 0.320 e. The molecule has 114 valence electrons. The summed E-state index contributed by atoms with van der Waals surface area (Å²) < 4.78 is 10.6. The highest BCUT2D eigenvalue weighted by molar-refractivity contribution is 5.77. The molecule has 0 spiro atoms. The average molecular weight is 286 g/mol. The molecular formula is C13H22N2O5. The summed E-state index contributed by atoms with van der Waals surface area (Å²) in [6.45, 7) is 5.22. The van der Waals surface area contributed by atoms with Gasteiger partial charge in [0.1, 0.15) is 5.92 Å². The standard InChI is InChI=1S/C13H22N2O5/c1-2-15(11-9-20-8-10(11)12(16)17)13(18)14-4-3-6-19-7-5-14/h10-11H,2-9H2,1H3,(H,16,17). The predicted octanol–water partition coefficient (Wildman–Crippen LogP) is 0.250. The van der Waals surface area contributed by atoms with E-state index >= 15 is 0 Å². The number of carboxylic acids is 1. The number of aliphatic carboxylic acids is 1. The van der Waals surface area contributed by atoms with Gasteiger partial charge < -0.3 is 24.4 Å². The van der Waals surface area contributed by atoms with E-state index in [2.05, 4.69) is 0 Å². The number of rotatable bonds is 3. The molecule has 2 unspecified atom stereocenters. The Kier molecular flexibility index (Phi) is 5.19. The number of urea groups is 1. The first kappa shape index (κ1) is 15.1. The van der Waals surface area contributed by atoms with Crippen molar-refractivity contribution in [3.63, 3.8) is 0 Å². The van der Waals surface area contributed by atoms with E-state index < -0.39 is 11.9 Å². The number of carboxylic acid groups (broad SMARTS) is 1. The summed E-state index contributed by atoms with van der Waals surface area (Å²) >= 11 is 0. The fraction of sp³-hybridized carbons (Fsp3) is 0.846. The van der Waals surface area contributed by atoms with Crippen LogP contribution in [0.1, 0.15) is 13.3 Å². The molecule has 0 aliphatic carbocycles. The summed E-state index contributed by atoms with van der Waals surface area (Å²) in [5.74, 6) is -1.54. The highest BCUT2D eigenvalue weighted by atomic mass is 16.5. The molecule has 0 radical (unpaired) electrons. The van der Waals surface area contributed by atoms with Crippen LogP contribution >= 0.6 is 0 Å². The van der Waals surface area contributed by atoms with Crippen LogP contribution in [-0.2, 0) is 14.3 Å². The third kappa shape index (κ3) is 3.21. The van der Waals surface area contributed by atoms with Crippen LogP contribution in [0.4, 0.5) is 4.79 Å². The fourth-order valence-corrected chi connectivity index (χ4v) is 2.72. The number of carbonyl (C=O) groups excluding carboxylic acids is 1. The molecule has 20 heavy (non-hydrogen) atoms. The lowest BCUT2D eigenvalue weighted by Crippen LogP contribution is -2.52. The first-order chi connectivity index (χ1) is 9.65. The van der Waals surface area contributed by atoms with E-state index in [1.807, 2.05) is 6.92 Å². The zero-order valence-corrected chi connectivity index (χ0v) is 11.8. The first-order valence-electron chi connectivity index (χ1n) is 7.09. The lowest BCUT2D eigenvalue weighted by molar-refractivity contribution is -0.142. The van der Waals surface area contributed by atoms with E-state index in [0.29, 0.717) is 39.5 Å². The molecule has 0 bridgehead atoms. The smallest absolute Gasteiger partial charge is 0.320 e. The second-order valence-corrected chi connectivity index (χ2v) is 5.07. The van der Waals surface area contributed by atoms with Crippen molar-refractivity contribution in [2.24, 2.45) is 5.92 Å². The highest BCUT2D eigenvalue weighted by Gasteiger charge is 2.40. The van der Waals surface area contributed by atoms with Gasteiger partial charge in [-0.1, -0.05) is 0 Å². The topological polar surface area (TPSA) is 79.3 Å². The van der Waals surface area contributed by atoms with Crippen LogP contribution in [0.5, 0.6) is 0 Å². The number of amides is 2. The van der Waals surface area contributed by atoms with Gasteiger partial charge in [-0.15, -0.1) is 0 Å². The number of carbonyl (C=O) groups is 2. The van der Waals surface area contributed by atoms with Gasteiger partial charge in [0.2, 0.25) is 0 Å². The van der Waals surface area contributed by atoms with E-state index in [1.165, 1.54) is 0 Å². The molecule has 7 nitrogen and oxygen atoms in total. The SMILES string of the molecule is CCN(C(=O)N1CCCOCC1)C1COCC1C(=O)O. The summed E-state index contributed by atoms with van der Waals surface area (Å²) in [5.41, 5.74) is 0. The van der Waals surface area contributed by atoms with Crippen molar-refractivity contribution in [2.45, 2.75) is 19.4 Å². The minimum atomic E-state index is -0.905. The summed E-state index contributed by atoms with van der Waals surface area (Å²) in [4.78, 5) is 27.2. The molecule has 2 saturated heterocycles. The number of ether oxygens (including phenoxy) is 2. The molecule has 7 heteroatoms. The first-order valence-corrected chi connectivity index (χ1v) is 7.09. The second-order valence-electron chi connectivity index (χ2n) is 5.07. The fourth-order valence-electron chi connectivity index (χ4n) is 2.72. The summed E-state index contributed by atoms with van der Waals surface area (Å²) in [6.07, 6.45) is 0.812. The van der Waals surface area contributed by atoms with E-state index in [4.69, 9.17) is 9.47 Å². The van der Waals surface area contributed by atoms with Crippen LogP contribution in [0.2, 0.25) is 0 Å². The Balaban J connectivity index is 2.06. The van der Waals surface area contributed by atoms with Gasteiger partial charge in [0.15, 0.2) is 0 Å². The van der Waals surface area contributed by atoms with Crippen molar-refractivity contribution in [1.82, 2.24) is 9.80 Å². The second kappa shape index (κ2) is 6.90. The lowest BCUT2D eigenvalue weighted by Gasteiger charge is -2.34. The monoisotopic (exact) mass is 286 g/mol. The number of likely N-dealkylation sites (N-methyl/N-ethyl adjacent to an activating group) is 1. The molecule has 2 amide bonds. The molecule has 2 rings (SSSR count). The molecule has 2 atom stereocenters. The Bertz CT molecular complexity index is 355. The molecule has 2 heterocycles. The van der Waals surface area contributed by atoms with Gasteiger partial charge in [-0.3, -0.25) is 4.79 Å². The van der Waals surface area contributed by atoms with Crippen LogP contribution in [0.15, 0.2) is 0 Å². The van der Waals surface area contributed by atoms with Crippen LogP contribution in [0.3, 0.4) is 0 Å². The third-order valence-corrected chi connectivity index (χ3v) is 3.85. The van der Waals surface area contributed by atoms with Crippen molar-refractivity contribution in [3.05, 3.63) is 0 Å².